The van der Waals surface area contributed by atoms with Crippen LogP contribution in [0, 0.1) is 5.92 Å². The largest absolute Gasteiger partial charge is 0.369 e. The highest BCUT2D eigenvalue weighted by Gasteiger charge is 2.27. The van der Waals surface area contributed by atoms with Crippen molar-refractivity contribution in [3.63, 3.8) is 0 Å². The summed E-state index contributed by atoms with van der Waals surface area (Å²) in [6.45, 7) is 5.20. The van der Waals surface area contributed by atoms with Crippen LogP contribution in [0.5, 0.6) is 0 Å². The van der Waals surface area contributed by atoms with Gasteiger partial charge in [-0.15, -0.1) is 0 Å². The molecule has 0 radical (unpaired) electrons. The third-order valence-electron chi connectivity index (χ3n) is 4.18. The molecule has 1 aliphatic heterocycles. The highest BCUT2D eigenvalue weighted by Crippen LogP contribution is 2.18. The predicted octanol–water partition coefficient (Wildman–Crippen LogP) is 1.23. The van der Waals surface area contributed by atoms with Gasteiger partial charge in [-0.25, -0.2) is 4.79 Å². The van der Waals surface area contributed by atoms with Gasteiger partial charge in [-0.2, -0.15) is 0 Å². The second kappa shape index (κ2) is 8.50. The first-order valence-corrected chi connectivity index (χ1v) is 8.58. The minimum atomic E-state index is -0.349. The summed E-state index contributed by atoms with van der Waals surface area (Å²) in [5.41, 5.74) is 6.84. The Labute approximate surface area is 147 Å². The van der Waals surface area contributed by atoms with Crippen molar-refractivity contribution < 1.29 is 14.4 Å². The number of likely N-dealkylation sites (tertiary alicyclic amines) is 1. The lowest BCUT2D eigenvalue weighted by Crippen LogP contribution is -2.44. The van der Waals surface area contributed by atoms with Crippen molar-refractivity contribution in [3.8, 4) is 0 Å². The summed E-state index contributed by atoms with van der Waals surface area (Å²) in [5, 5.41) is 5.51. The highest BCUT2D eigenvalue weighted by molar-refractivity contribution is 5.94. The molecular formula is C18H26N4O3. The lowest BCUT2D eigenvalue weighted by atomic mass is 9.97. The second-order valence-electron chi connectivity index (χ2n) is 6.67. The lowest BCUT2D eigenvalue weighted by molar-refractivity contribution is -0.123. The van der Waals surface area contributed by atoms with E-state index in [-0.39, 0.29) is 29.8 Å². The topological polar surface area (TPSA) is 105 Å². The standard InChI is InChI=1S/C18H26N4O3/c1-12(2)21-18(25)20-10-13-5-7-14(8-6-13)17(24)22-9-3-4-15(11-22)16(19)23/h5-8,12,15H,3-4,9-11H2,1-2H3,(H2,19,23)(H2,20,21,25)/t15-/m0/s1. The molecule has 1 aromatic rings. The van der Waals surface area contributed by atoms with Crippen LogP contribution in [-0.4, -0.2) is 41.9 Å². The summed E-state index contributed by atoms with van der Waals surface area (Å²) in [5.74, 6) is -0.706. The number of carbonyl (C=O) groups is 3. The van der Waals surface area contributed by atoms with Crippen LogP contribution < -0.4 is 16.4 Å². The van der Waals surface area contributed by atoms with E-state index >= 15 is 0 Å². The van der Waals surface area contributed by atoms with Gasteiger partial charge in [-0.05, 0) is 44.4 Å². The van der Waals surface area contributed by atoms with Gasteiger partial charge in [-0.1, -0.05) is 12.1 Å². The SMILES string of the molecule is CC(C)NC(=O)NCc1ccc(C(=O)N2CCC[C@H](C(N)=O)C2)cc1. The number of urea groups is 1. The first kappa shape index (κ1) is 18.8. The quantitative estimate of drug-likeness (QED) is 0.747. The van der Waals surface area contributed by atoms with Crippen LogP contribution in [0.15, 0.2) is 24.3 Å². The number of hydrogen-bond donors (Lipinski definition) is 3. The number of benzene rings is 1. The Bertz CT molecular complexity index is 628. The van der Waals surface area contributed by atoms with Gasteiger partial charge in [0.2, 0.25) is 5.91 Å². The summed E-state index contributed by atoms with van der Waals surface area (Å²) in [7, 11) is 0. The number of primary amides is 1. The fraction of sp³-hybridized carbons (Fsp3) is 0.500. The molecule has 0 saturated carbocycles. The molecule has 4 amide bonds. The molecule has 1 saturated heterocycles. The molecule has 0 bridgehead atoms. The van der Waals surface area contributed by atoms with Crippen LogP contribution in [-0.2, 0) is 11.3 Å². The van der Waals surface area contributed by atoms with Crippen LogP contribution in [0.1, 0.15) is 42.6 Å². The maximum atomic E-state index is 12.6. The van der Waals surface area contributed by atoms with Crippen LogP contribution >= 0.6 is 0 Å². The minimum Gasteiger partial charge on any atom is -0.369 e. The third kappa shape index (κ3) is 5.48. The van der Waals surface area contributed by atoms with Crippen molar-refractivity contribution in [3.05, 3.63) is 35.4 Å². The Morgan fingerprint density at radius 2 is 1.92 bits per heavy atom. The molecule has 0 aromatic heterocycles. The average Bonchev–Trinajstić information content (AvgIpc) is 2.59. The first-order valence-electron chi connectivity index (χ1n) is 8.58. The van der Waals surface area contributed by atoms with Gasteiger partial charge in [0, 0.05) is 31.2 Å². The zero-order chi connectivity index (χ0) is 18.4. The summed E-state index contributed by atoms with van der Waals surface area (Å²) >= 11 is 0. The van der Waals surface area contributed by atoms with E-state index in [1.165, 1.54) is 0 Å². The Morgan fingerprint density at radius 1 is 1.24 bits per heavy atom. The molecule has 25 heavy (non-hydrogen) atoms. The van der Waals surface area contributed by atoms with Gasteiger partial charge in [0.15, 0.2) is 0 Å². The highest BCUT2D eigenvalue weighted by atomic mass is 16.2. The number of rotatable bonds is 5. The van der Waals surface area contributed by atoms with Crippen LogP contribution in [0.4, 0.5) is 4.79 Å². The molecule has 7 nitrogen and oxygen atoms in total. The molecule has 1 atom stereocenters. The lowest BCUT2D eigenvalue weighted by Gasteiger charge is -2.31. The molecule has 0 unspecified atom stereocenters. The Morgan fingerprint density at radius 3 is 2.52 bits per heavy atom. The van der Waals surface area contributed by atoms with E-state index in [1.54, 1.807) is 17.0 Å². The maximum absolute atomic E-state index is 12.6. The Balaban J connectivity index is 1.91. The predicted molar refractivity (Wildman–Crippen MR) is 94.8 cm³/mol. The van der Waals surface area contributed by atoms with E-state index in [4.69, 9.17) is 5.73 Å². The minimum absolute atomic E-state index is 0.0776. The van der Waals surface area contributed by atoms with Crippen LogP contribution in [0.2, 0.25) is 0 Å². The number of carbonyl (C=O) groups excluding carboxylic acids is 3. The van der Waals surface area contributed by atoms with Crippen molar-refractivity contribution in [2.75, 3.05) is 13.1 Å². The van der Waals surface area contributed by atoms with Crippen molar-refractivity contribution in [2.24, 2.45) is 11.7 Å². The molecule has 2 rings (SSSR count). The van der Waals surface area contributed by atoms with Crippen molar-refractivity contribution in [1.29, 1.82) is 0 Å². The molecule has 7 heteroatoms. The molecule has 1 aromatic carbocycles. The smallest absolute Gasteiger partial charge is 0.315 e. The number of nitrogens with zero attached hydrogens (tertiary/aromatic N) is 1. The van der Waals surface area contributed by atoms with E-state index < -0.39 is 0 Å². The summed E-state index contributed by atoms with van der Waals surface area (Å²) < 4.78 is 0. The molecule has 4 N–H and O–H groups in total. The molecule has 1 aliphatic rings. The van der Waals surface area contributed by atoms with E-state index in [2.05, 4.69) is 10.6 Å². The second-order valence-corrected chi connectivity index (χ2v) is 6.67. The molecule has 1 fully saturated rings. The zero-order valence-corrected chi connectivity index (χ0v) is 14.7. The molecule has 1 heterocycles. The van der Waals surface area contributed by atoms with Crippen LogP contribution in [0.3, 0.4) is 0 Å². The Hall–Kier alpha value is -2.57. The van der Waals surface area contributed by atoms with Gasteiger partial charge < -0.3 is 21.3 Å². The van der Waals surface area contributed by atoms with Crippen molar-refractivity contribution in [2.45, 2.75) is 39.3 Å². The number of nitrogens with one attached hydrogen (secondary N) is 2. The summed E-state index contributed by atoms with van der Waals surface area (Å²) in [6, 6.07) is 6.98. The van der Waals surface area contributed by atoms with Crippen molar-refractivity contribution in [1.82, 2.24) is 15.5 Å². The van der Waals surface area contributed by atoms with Crippen LogP contribution in [0.25, 0.3) is 0 Å². The zero-order valence-electron chi connectivity index (χ0n) is 14.7. The van der Waals surface area contributed by atoms with E-state index in [0.717, 1.165) is 18.4 Å². The number of hydrogen-bond acceptors (Lipinski definition) is 3. The summed E-state index contributed by atoms with van der Waals surface area (Å²) in [6.07, 6.45) is 1.52. The van der Waals surface area contributed by atoms with Gasteiger partial charge in [0.1, 0.15) is 0 Å². The third-order valence-corrected chi connectivity index (χ3v) is 4.18. The summed E-state index contributed by atoms with van der Waals surface area (Å²) in [4.78, 5) is 37.2. The van der Waals surface area contributed by atoms with Crippen molar-refractivity contribution >= 4 is 17.8 Å². The van der Waals surface area contributed by atoms with Gasteiger partial charge in [0.05, 0.1) is 5.92 Å². The Kier molecular flexibility index (Phi) is 6.38. The molecule has 136 valence electrons. The van der Waals surface area contributed by atoms with E-state index in [1.807, 2.05) is 26.0 Å². The first-order chi connectivity index (χ1) is 11.9. The maximum Gasteiger partial charge on any atom is 0.315 e. The number of amides is 4. The average molecular weight is 346 g/mol. The van der Waals surface area contributed by atoms with E-state index in [0.29, 0.717) is 25.2 Å². The number of nitrogens with two attached hydrogens (primary N) is 1. The number of piperidine rings is 1. The molecule has 0 spiro atoms. The van der Waals surface area contributed by atoms with E-state index in [9.17, 15) is 14.4 Å². The normalized spacial score (nSPS) is 17.2. The van der Waals surface area contributed by atoms with Gasteiger partial charge in [-0.3, -0.25) is 9.59 Å². The van der Waals surface area contributed by atoms with Gasteiger partial charge >= 0.3 is 6.03 Å². The monoisotopic (exact) mass is 346 g/mol. The fourth-order valence-corrected chi connectivity index (χ4v) is 2.84. The van der Waals surface area contributed by atoms with Gasteiger partial charge in [0.25, 0.3) is 5.91 Å². The molecule has 0 aliphatic carbocycles. The molecular weight excluding hydrogens is 320 g/mol. The fourth-order valence-electron chi connectivity index (χ4n) is 2.84.